The number of amides is 1. The number of aryl methyl sites for hydroxylation is 1. The van der Waals surface area contributed by atoms with Crippen molar-refractivity contribution in [2.24, 2.45) is 0 Å². The van der Waals surface area contributed by atoms with Crippen LogP contribution < -0.4 is 10.1 Å². The van der Waals surface area contributed by atoms with Crippen LogP contribution in [0, 0.1) is 0 Å². The summed E-state index contributed by atoms with van der Waals surface area (Å²) in [6.07, 6.45) is 4.61. The Labute approximate surface area is 181 Å². The van der Waals surface area contributed by atoms with E-state index in [2.05, 4.69) is 27.0 Å². The topological polar surface area (TPSA) is 56.2 Å². The van der Waals surface area contributed by atoms with Gasteiger partial charge >= 0.3 is 0 Å². The van der Waals surface area contributed by atoms with E-state index < -0.39 is 0 Å². The third-order valence-corrected chi connectivity index (χ3v) is 5.56. The molecule has 4 aromatic rings. The summed E-state index contributed by atoms with van der Waals surface area (Å²) < 4.78 is 8.12. The van der Waals surface area contributed by atoms with E-state index in [0.29, 0.717) is 6.54 Å². The summed E-state index contributed by atoms with van der Waals surface area (Å²) in [4.78, 5) is 17.7. The van der Waals surface area contributed by atoms with E-state index >= 15 is 0 Å². The first-order valence-electron chi connectivity index (χ1n) is 10.5. The standard InChI is InChI=1S/C26H23N3O2/c30-26(24-20-11-4-6-13-22(20)31-23-14-7-5-12-21(23)24)28-15-8-17-29-18-16-27-25(29)19-9-2-1-3-10-19/h1-7,9-14,16,18,24H,8,15,17H2,(H,28,30). The zero-order valence-corrected chi connectivity index (χ0v) is 17.1. The summed E-state index contributed by atoms with van der Waals surface area (Å²) in [6, 6.07) is 25.6. The van der Waals surface area contributed by atoms with Crippen LogP contribution in [-0.4, -0.2) is 22.0 Å². The number of ether oxygens (including phenoxy) is 1. The Hall–Kier alpha value is -3.86. The molecule has 0 saturated carbocycles. The Balaban J connectivity index is 1.26. The van der Waals surface area contributed by atoms with E-state index in [-0.39, 0.29) is 11.8 Å². The number of hydrogen-bond donors (Lipinski definition) is 1. The predicted molar refractivity (Wildman–Crippen MR) is 120 cm³/mol. The molecule has 0 bridgehead atoms. The SMILES string of the molecule is O=C(NCCCn1ccnc1-c1ccccc1)C1c2ccccc2Oc2ccccc21. The molecule has 31 heavy (non-hydrogen) atoms. The van der Waals surface area contributed by atoms with E-state index in [4.69, 9.17) is 4.74 Å². The fourth-order valence-electron chi connectivity index (χ4n) is 4.09. The van der Waals surface area contributed by atoms with Gasteiger partial charge in [-0.1, -0.05) is 66.7 Å². The maximum absolute atomic E-state index is 13.2. The number of rotatable bonds is 6. The number of fused-ring (bicyclic) bond motifs is 2. The number of carbonyl (C=O) groups excluding carboxylic acids is 1. The van der Waals surface area contributed by atoms with Gasteiger partial charge in [-0.15, -0.1) is 0 Å². The minimum atomic E-state index is -0.366. The van der Waals surface area contributed by atoms with Gasteiger partial charge < -0.3 is 14.6 Å². The molecule has 1 aliphatic rings. The second kappa shape index (κ2) is 8.48. The molecule has 3 aromatic carbocycles. The van der Waals surface area contributed by atoms with Crippen molar-refractivity contribution in [1.82, 2.24) is 14.9 Å². The van der Waals surface area contributed by atoms with Crippen molar-refractivity contribution in [1.29, 1.82) is 0 Å². The molecule has 0 unspecified atom stereocenters. The molecule has 0 spiro atoms. The smallest absolute Gasteiger partial charge is 0.232 e. The lowest BCUT2D eigenvalue weighted by Crippen LogP contribution is -2.32. The third kappa shape index (κ3) is 3.82. The zero-order valence-electron chi connectivity index (χ0n) is 17.1. The fourth-order valence-corrected chi connectivity index (χ4v) is 4.09. The second-order valence-electron chi connectivity index (χ2n) is 7.57. The second-order valence-corrected chi connectivity index (χ2v) is 7.57. The van der Waals surface area contributed by atoms with Gasteiger partial charge in [0.25, 0.3) is 0 Å². The zero-order chi connectivity index (χ0) is 21.0. The van der Waals surface area contributed by atoms with E-state index in [9.17, 15) is 4.79 Å². The molecule has 1 aliphatic heterocycles. The number of nitrogens with one attached hydrogen (secondary N) is 1. The maximum Gasteiger partial charge on any atom is 0.232 e. The first-order valence-corrected chi connectivity index (χ1v) is 10.5. The number of para-hydroxylation sites is 2. The molecule has 0 saturated heterocycles. The van der Waals surface area contributed by atoms with Crippen molar-refractivity contribution in [2.75, 3.05) is 6.54 Å². The molecule has 0 atom stereocenters. The molecular formula is C26H23N3O2. The van der Waals surface area contributed by atoms with Gasteiger partial charge in [0.2, 0.25) is 5.91 Å². The molecule has 1 aromatic heterocycles. The van der Waals surface area contributed by atoms with Gasteiger partial charge in [-0.2, -0.15) is 0 Å². The molecule has 5 rings (SSSR count). The molecule has 1 amide bonds. The Morgan fingerprint density at radius 3 is 2.26 bits per heavy atom. The van der Waals surface area contributed by atoms with Crippen LogP contribution in [0.1, 0.15) is 23.5 Å². The number of aromatic nitrogens is 2. The highest BCUT2D eigenvalue weighted by molar-refractivity contribution is 5.89. The Bertz CT molecular complexity index is 1150. The van der Waals surface area contributed by atoms with Crippen LogP contribution in [-0.2, 0) is 11.3 Å². The summed E-state index contributed by atoms with van der Waals surface area (Å²) in [5, 5.41) is 3.13. The highest BCUT2D eigenvalue weighted by Crippen LogP contribution is 2.43. The first-order chi connectivity index (χ1) is 15.3. The average Bonchev–Trinajstić information content (AvgIpc) is 3.29. The molecule has 2 heterocycles. The van der Waals surface area contributed by atoms with E-state index in [1.807, 2.05) is 79.1 Å². The summed E-state index contributed by atoms with van der Waals surface area (Å²) in [7, 11) is 0. The number of nitrogens with zero attached hydrogens (tertiary/aromatic N) is 2. The molecule has 1 N–H and O–H groups in total. The van der Waals surface area contributed by atoms with Crippen LogP contribution in [0.15, 0.2) is 91.3 Å². The lowest BCUT2D eigenvalue weighted by atomic mass is 9.87. The van der Waals surface area contributed by atoms with Crippen LogP contribution in [0.4, 0.5) is 0 Å². The van der Waals surface area contributed by atoms with Crippen LogP contribution in [0.3, 0.4) is 0 Å². The fraction of sp³-hybridized carbons (Fsp3) is 0.154. The van der Waals surface area contributed by atoms with E-state index in [0.717, 1.165) is 47.0 Å². The quantitative estimate of drug-likeness (QED) is 0.456. The first kappa shape index (κ1) is 19.1. The van der Waals surface area contributed by atoms with Gasteiger partial charge in [0.15, 0.2) is 0 Å². The summed E-state index contributed by atoms with van der Waals surface area (Å²) in [6.45, 7) is 1.37. The van der Waals surface area contributed by atoms with Gasteiger partial charge in [0, 0.05) is 42.2 Å². The van der Waals surface area contributed by atoms with Crippen LogP contribution in [0.2, 0.25) is 0 Å². The number of imidazole rings is 1. The minimum Gasteiger partial charge on any atom is -0.457 e. The number of carbonyl (C=O) groups is 1. The Kier molecular flexibility index (Phi) is 5.23. The maximum atomic E-state index is 13.2. The molecule has 5 heteroatoms. The van der Waals surface area contributed by atoms with Crippen molar-refractivity contribution in [3.63, 3.8) is 0 Å². The molecule has 154 valence electrons. The van der Waals surface area contributed by atoms with Crippen molar-refractivity contribution in [3.05, 3.63) is 102 Å². The van der Waals surface area contributed by atoms with E-state index in [1.165, 1.54) is 0 Å². The summed E-state index contributed by atoms with van der Waals surface area (Å²) in [5.74, 6) is 2.06. The third-order valence-electron chi connectivity index (χ3n) is 5.56. The number of hydrogen-bond acceptors (Lipinski definition) is 3. The Morgan fingerprint density at radius 2 is 1.55 bits per heavy atom. The van der Waals surface area contributed by atoms with Crippen LogP contribution in [0.5, 0.6) is 11.5 Å². The van der Waals surface area contributed by atoms with Gasteiger partial charge in [-0.3, -0.25) is 4.79 Å². The molecule has 0 radical (unpaired) electrons. The lowest BCUT2D eigenvalue weighted by Gasteiger charge is -2.27. The van der Waals surface area contributed by atoms with Gasteiger partial charge in [0.05, 0.1) is 5.92 Å². The van der Waals surface area contributed by atoms with Crippen molar-refractivity contribution >= 4 is 5.91 Å². The van der Waals surface area contributed by atoms with E-state index in [1.54, 1.807) is 0 Å². The van der Waals surface area contributed by atoms with Crippen molar-refractivity contribution in [3.8, 4) is 22.9 Å². The lowest BCUT2D eigenvalue weighted by molar-refractivity contribution is -0.121. The highest BCUT2D eigenvalue weighted by Gasteiger charge is 2.32. The van der Waals surface area contributed by atoms with Crippen LogP contribution in [0.25, 0.3) is 11.4 Å². The van der Waals surface area contributed by atoms with Crippen molar-refractivity contribution in [2.45, 2.75) is 18.9 Å². The summed E-state index contributed by atoms with van der Waals surface area (Å²) >= 11 is 0. The normalized spacial score (nSPS) is 12.5. The largest absolute Gasteiger partial charge is 0.457 e. The average molecular weight is 409 g/mol. The molecule has 0 fully saturated rings. The predicted octanol–water partition coefficient (Wildman–Crippen LogP) is 4.99. The van der Waals surface area contributed by atoms with Gasteiger partial charge in [-0.25, -0.2) is 4.98 Å². The van der Waals surface area contributed by atoms with Gasteiger partial charge in [-0.05, 0) is 18.6 Å². The van der Waals surface area contributed by atoms with Crippen molar-refractivity contribution < 1.29 is 9.53 Å². The number of benzene rings is 3. The molecule has 5 nitrogen and oxygen atoms in total. The van der Waals surface area contributed by atoms with Crippen LogP contribution >= 0.6 is 0 Å². The molecular weight excluding hydrogens is 386 g/mol. The summed E-state index contributed by atoms with van der Waals surface area (Å²) in [5.41, 5.74) is 2.89. The van der Waals surface area contributed by atoms with Gasteiger partial charge in [0.1, 0.15) is 17.3 Å². The molecule has 0 aliphatic carbocycles. The highest BCUT2D eigenvalue weighted by atomic mass is 16.5. The monoisotopic (exact) mass is 409 g/mol. The Morgan fingerprint density at radius 1 is 0.903 bits per heavy atom. The minimum absolute atomic E-state index is 0.00267.